The lowest BCUT2D eigenvalue weighted by atomic mass is 10.0. The molecule has 1 aliphatic heterocycles. The van der Waals surface area contributed by atoms with Crippen LogP contribution < -0.4 is 5.32 Å². The van der Waals surface area contributed by atoms with E-state index in [2.05, 4.69) is 17.2 Å². The minimum absolute atomic E-state index is 0.462. The fourth-order valence-electron chi connectivity index (χ4n) is 2.24. The number of likely N-dealkylation sites (N-methyl/N-ethyl adjacent to an activating group) is 1. The average Bonchev–Trinajstić information content (AvgIpc) is 2.91. The molecule has 2 unspecified atom stereocenters. The summed E-state index contributed by atoms with van der Waals surface area (Å²) in [7, 11) is 0. The van der Waals surface area contributed by atoms with Crippen molar-refractivity contribution in [3.63, 3.8) is 0 Å². The van der Waals surface area contributed by atoms with Gasteiger partial charge in [-0.3, -0.25) is 0 Å². The topological polar surface area (TPSA) is 34.2 Å². The molecule has 2 rings (SSSR count). The normalized spacial score (nSPS) is 22.4. The third-order valence-electron chi connectivity index (χ3n) is 2.97. The highest BCUT2D eigenvalue weighted by Gasteiger charge is 2.21. The van der Waals surface area contributed by atoms with E-state index in [1.807, 2.05) is 11.6 Å². The van der Waals surface area contributed by atoms with Crippen molar-refractivity contribution in [2.75, 3.05) is 13.2 Å². The predicted octanol–water partition coefficient (Wildman–Crippen LogP) is 2.23. The second kappa shape index (κ2) is 6.33. The minimum atomic E-state index is 0.462. The SMILES string of the molecule is CCNC(Cc1nccs1)CC1CCCO1. The van der Waals surface area contributed by atoms with Crippen molar-refractivity contribution in [2.24, 2.45) is 0 Å². The molecule has 2 atom stereocenters. The lowest BCUT2D eigenvalue weighted by molar-refractivity contribution is 0.0947. The van der Waals surface area contributed by atoms with Crippen LogP contribution in [0.2, 0.25) is 0 Å². The molecule has 1 saturated heterocycles. The minimum Gasteiger partial charge on any atom is -0.378 e. The Morgan fingerprint density at radius 3 is 3.25 bits per heavy atom. The maximum Gasteiger partial charge on any atom is 0.0940 e. The smallest absolute Gasteiger partial charge is 0.0940 e. The Hall–Kier alpha value is -0.450. The van der Waals surface area contributed by atoms with Crippen molar-refractivity contribution in [2.45, 2.75) is 44.8 Å². The largest absolute Gasteiger partial charge is 0.378 e. The third kappa shape index (κ3) is 3.54. The third-order valence-corrected chi connectivity index (χ3v) is 3.77. The molecule has 1 fully saturated rings. The zero-order valence-electron chi connectivity index (χ0n) is 9.82. The van der Waals surface area contributed by atoms with Gasteiger partial charge in [0.05, 0.1) is 11.1 Å². The number of rotatable bonds is 6. The van der Waals surface area contributed by atoms with Gasteiger partial charge in [0.2, 0.25) is 0 Å². The fourth-order valence-corrected chi connectivity index (χ4v) is 2.94. The number of ether oxygens (including phenoxy) is 1. The molecule has 0 aliphatic carbocycles. The van der Waals surface area contributed by atoms with Crippen molar-refractivity contribution in [1.29, 1.82) is 0 Å². The first-order valence-electron chi connectivity index (χ1n) is 6.12. The van der Waals surface area contributed by atoms with E-state index >= 15 is 0 Å². The van der Waals surface area contributed by atoms with Crippen LogP contribution in [0.25, 0.3) is 0 Å². The quantitative estimate of drug-likeness (QED) is 0.828. The van der Waals surface area contributed by atoms with Gasteiger partial charge < -0.3 is 10.1 Å². The van der Waals surface area contributed by atoms with Crippen LogP contribution >= 0.6 is 11.3 Å². The second-order valence-corrected chi connectivity index (χ2v) is 5.23. The summed E-state index contributed by atoms with van der Waals surface area (Å²) in [6.07, 6.45) is 6.94. The van der Waals surface area contributed by atoms with Gasteiger partial charge in [-0.2, -0.15) is 0 Å². The molecule has 0 amide bonds. The van der Waals surface area contributed by atoms with E-state index in [4.69, 9.17) is 4.74 Å². The van der Waals surface area contributed by atoms with Gasteiger partial charge >= 0.3 is 0 Å². The van der Waals surface area contributed by atoms with Crippen LogP contribution in [0.3, 0.4) is 0 Å². The molecule has 0 radical (unpaired) electrons. The van der Waals surface area contributed by atoms with Gasteiger partial charge in [0.15, 0.2) is 0 Å². The van der Waals surface area contributed by atoms with Crippen molar-refractivity contribution >= 4 is 11.3 Å². The zero-order chi connectivity index (χ0) is 11.2. The van der Waals surface area contributed by atoms with Crippen molar-refractivity contribution < 1.29 is 4.74 Å². The van der Waals surface area contributed by atoms with Crippen LogP contribution in [0.5, 0.6) is 0 Å². The van der Waals surface area contributed by atoms with Crippen LogP contribution in [-0.4, -0.2) is 30.3 Å². The highest BCUT2D eigenvalue weighted by molar-refractivity contribution is 7.09. The van der Waals surface area contributed by atoms with Crippen LogP contribution in [0.15, 0.2) is 11.6 Å². The van der Waals surface area contributed by atoms with E-state index in [9.17, 15) is 0 Å². The summed E-state index contributed by atoms with van der Waals surface area (Å²) in [6, 6.07) is 0.513. The van der Waals surface area contributed by atoms with E-state index in [1.165, 1.54) is 17.8 Å². The van der Waals surface area contributed by atoms with Gasteiger partial charge in [-0.05, 0) is 25.8 Å². The predicted molar refractivity (Wildman–Crippen MR) is 66.9 cm³/mol. The average molecular weight is 240 g/mol. The van der Waals surface area contributed by atoms with E-state index in [0.717, 1.165) is 26.0 Å². The van der Waals surface area contributed by atoms with E-state index < -0.39 is 0 Å². The van der Waals surface area contributed by atoms with Crippen LogP contribution in [0, 0.1) is 0 Å². The maximum absolute atomic E-state index is 5.69. The maximum atomic E-state index is 5.69. The van der Waals surface area contributed by atoms with Gasteiger partial charge in [-0.1, -0.05) is 6.92 Å². The first-order valence-corrected chi connectivity index (χ1v) is 6.99. The molecule has 1 aliphatic rings. The summed E-state index contributed by atoms with van der Waals surface area (Å²) in [4.78, 5) is 4.35. The molecular weight excluding hydrogens is 220 g/mol. The summed E-state index contributed by atoms with van der Waals surface area (Å²) in [5, 5.41) is 6.81. The van der Waals surface area contributed by atoms with Gasteiger partial charge in [0.25, 0.3) is 0 Å². The molecule has 0 saturated carbocycles. The Morgan fingerprint density at radius 1 is 1.69 bits per heavy atom. The highest BCUT2D eigenvalue weighted by atomic mass is 32.1. The van der Waals surface area contributed by atoms with Gasteiger partial charge in [-0.25, -0.2) is 4.98 Å². The number of hydrogen-bond acceptors (Lipinski definition) is 4. The first-order chi connectivity index (χ1) is 7.88. The number of thiazole rings is 1. The lowest BCUT2D eigenvalue weighted by Crippen LogP contribution is -2.34. The Bertz CT molecular complexity index is 283. The first kappa shape index (κ1) is 12.0. The molecule has 2 heterocycles. The molecule has 16 heavy (non-hydrogen) atoms. The molecule has 1 aromatic rings. The van der Waals surface area contributed by atoms with Crippen molar-refractivity contribution in [3.8, 4) is 0 Å². The molecule has 0 bridgehead atoms. The Balaban J connectivity index is 1.83. The Labute approximate surface area is 101 Å². The van der Waals surface area contributed by atoms with Gasteiger partial charge in [0, 0.05) is 30.6 Å². The second-order valence-electron chi connectivity index (χ2n) is 4.26. The lowest BCUT2D eigenvalue weighted by Gasteiger charge is -2.20. The summed E-state index contributed by atoms with van der Waals surface area (Å²) in [5.74, 6) is 0. The fraction of sp³-hybridized carbons (Fsp3) is 0.750. The summed E-state index contributed by atoms with van der Waals surface area (Å²) in [6.45, 7) is 4.12. The van der Waals surface area contributed by atoms with Gasteiger partial charge in [0.1, 0.15) is 0 Å². The van der Waals surface area contributed by atoms with E-state index in [1.54, 1.807) is 11.3 Å². The number of nitrogens with one attached hydrogen (secondary N) is 1. The molecule has 4 heteroatoms. The molecule has 90 valence electrons. The highest BCUT2D eigenvalue weighted by Crippen LogP contribution is 2.19. The summed E-state index contributed by atoms with van der Waals surface area (Å²) in [5.41, 5.74) is 0. The molecule has 0 spiro atoms. The summed E-state index contributed by atoms with van der Waals surface area (Å²) >= 11 is 1.74. The number of nitrogens with zero attached hydrogens (tertiary/aromatic N) is 1. The number of hydrogen-bond donors (Lipinski definition) is 1. The van der Waals surface area contributed by atoms with Crippen LogP contribution in [-0.2, 0) is 11.2 Å². The molecular formula is C12H20N2OS. The van der Waals surface area contributed by atoms with Crippen LogP contribution in [0.4, 0.5) is 0 Å². The standard InChI is InChI=1S/C12H20N2OS/c1-2-13-10(8-11-4-3-6-15-11)9-12-14-5-7-16-12/h5,7,10-11,13H,2-4,6,8-9H2,1H3. The van der Waals surface area contributed by atoms with E-state index in [-0.39, 0.29) is 0 Å². The molecule has 3 nitrogen and oxygen atoms in total. The van der Waals surface area contributed by atoms with Crippen molar-refractivity contribution in [1.82, 2.24) is 10.3 Å². The monoisotopic (exact) mass is 240 g/mol. The zero-order valence-corrected chi connectivity index (χ0v) is 10.6. The molecule has 1 N–H and O–H groups in total. The summed E-state index contributed by atoms with van der Waals surface area (Å²) < 4.78 is 5.69. The Kier molecular flexibility index (Phi) is 4.75. The van der Waals surface area contributed by atoms with E-state index in [0.29, 0.717) is 12.1 Å². The molecule has 0 aromatic carbocycles. The van der Waals surface area contributed by atoms with Crippen LogP contribution in [0.1, 0.15) is 31.2 Å². The van der Waals surface area contributed by atoms with Crippen molar-refractivity contribution in [3.05, 3.63) is 16.6 Å². The Morgan fingerprint density at radius 2 is 2.62 bits per heavy atom. The van der Waals surface area contributed by atoms with Gasteiger partial charge in [-0.15, -0.1) is 11.3 Å². The molecule has 1 aromatic heterocycles. The number of aromatic nitrogens is 1.